The highest BCUT2D eigenvalue weighted by Gasteiger charge is 2.02. The number of hydrogen-bond donors (Lipinski definition) is 1. The Kier molecular flexibility index (Phi) is 4.39. The second-order valence-electron chi connectivity index (χ2n) is 2.60. The first kappa shape index (κ1) is 11.8. The number of nitrogens with zero attached hydrogens (tertiary/aromatic N) is 1. The van der Waals surface area contributed by atoms with E-state index in [9.17, 15) is 4.79 Å². The van der Waals surface area contributed by atoms with Crippen LogP contribution in [0.2, 0.25) is 5.02 Å². The van der Waals surface area contributed by atoms with E-state index in [-0.39, 0.29) is 5.17 Å². The number of carbonyl (C=O) groups is 1. The Morgan fingerprint density at radius 1 is 1.53 bits per heavy atom. The zero-order valence-corrected chi connectivity index (χ0v) is 9.34. The number of amides is 1. The second-order valence-corrected chi connectivity index (χ2v) is 3.59. The molecule has 0 aliphatic carbocycles. The predicted molar refractivity (Wildman–Crippen MR) is 60.5 cm³/mol. The van der Waals surface area contributed by atoms with Gasteiger partial charge in [-0.15, -0.1) is 0 Å². The van der Waals surface area contributed by atoms with Crippen molar-refractivity contribution in [1.29, 1.82) is 0 Å². The summed E-state index contributed by atoms with van der Waals surface area (Å²) in [5.41, 5.74) is 0.523. The third-order valence-electron chi connectivity index (χ3n) is 1.33. The second kappa shape index (κ2) is 5.58. The lowest BCUT2D eigenvalue weighted by molar-refractivity contribution is 0.167. The highest BCUT2D eigenvalue weighted by atomic mass is 35.5. The van der Waals surface area contributed by atoms with E-state index in [0.717, 1.165) is 0 Å². The topological polar surface area (TPSA) is 50.7 Å². The Bertz CT molecular complexity index is 389. The van der Waals surface area contributed by atoms with E-state index in [0.29, 0.717) is 10.7 Å². The van der Waals surface area contributed by atoms with Crippen LogP contribution in [0, 0.1) is 0 Å². The minimum absolute atomic E-state index is 0.135. The quantitative estimate of drug-likeness (QED) is 0.494. The zero-order chi connectivity index (χ0) is 11.3. The maximum Gasteiger partial charge on any atom is 0.437 e. The molecule has 1 rings (SSSR count). The zero-order valence-electron chi connectivity index (χ0n) is 7.83. The Balaban J connectivity index is 2.55. The van der Waals surface area contributed by atoms with Gasteiger partial charge in [-0.1, -0.05) is 34.4 Å². The molecule has 0 saturated heterocycles. The molecular formula is C9H8Cl2N2O2. The molecule has 0 radical (unpaired) electrons. The van der Waals surface area contributed by atoms with Gasteiger partial charge in [-0.05, 0) is 25.1 Å². The fourth-order valence-corrected chi connectivity index (χ4v) is 1.04. The summed E-state index contributed by atoms with van der Waals surface area (Å²) in [6.45, 7) is 1.49. The van der Waals surface area contributed by atoms with Crippen molar-refractivity contribution in [2.24, 2.45) is 5.16 Å². The van der Waals surface area contributed by atoms with Gasteiger partial charge in [-0.3, -0.25) is 10.2 Å². The number of rotatable bonds is 2. The first-order valence-electron chi connectivity index (χ1n) is 4.01. The van der Waals surface area contributed by atoms with Gasteiger partial charge in [0.05, 0.1) is 0 Å². The molecule has 0 spiro atoms. The highest BCUT2D eigenvalue weighted by molar-refractivity contribution is 6.64. The van der Waals surface area contributed by atoms with E-state index in [1.807, 2.05) is 0 Å². The van der Waals surface area contributed by atoms with Crippen molar-refractivity contribution in [3.63, 3.8) is 0 Å². The molecule has 0 aliphatic rings. The van der Waals surface area contributed by atoms with Gasteiger partial charge in [0.25, 0.3) is 0 Å². The summed E-state index contributed by atoms with van der Waals surface area (Å²) in [4.78, 5) is 15.5. The molecule has 0 aliphatic heterocycles. The van der Waals surface area contributed by atoms with Crippen LogP contribution in [0.1, 0.15) is 6.92 Å². The van der Waals surface area contributed by atoms with Gasteiger partial charge in [0.15, 0.2) is 0 Å². The van der Waals surface area contributed by atoms with E-state index in [2.05, 4.69) is 15.3 Å². The molecule has 0 atom stereocenters. The molecule has 0 fully saturated rings. The molecule has 1 aromatic carbocycles. The molecule has 0 unspecified atom stereocenters. The number of halogens is 2. The van der Waals surface area contributed by atoms with E-state index in [4.69, 9.17) is 23.2 Å². The summed E-state index contributed by atoms with van der Waals surface area (Å²) in [5, 5.41) is 6.36. The number of hydrogen-bond acceptors (Lipinski definition) is 3. The molecule has 0 saturated carbocycles. The van der Waals surface area contributed by atoms with Crippen LogP contribution in [0.4, 0.5) is 10.5 Å². The molecule has 4 nitrogen and oxygen atoms in total. The molecule has 1 N–H and O–H groups in total. The predicted octanol–water partition coefficient (Wildman–Crippen LogP) is 3.46. The van der Waals surface area contributed by atoms with Crippen molar-refractivity contribution in [2.45, 2.75) is 6.92 Å². The average Bonchev–Trinajstić information content (AvgIpc) is 2.15. The molecule has 0 bridgehead atoms. The van der Waals surface area contributed by atoms with Crippen LogP contribution in [0.3, 0.4) is 0 Å². The maximum absolute atomic E-state index is 11.1. The summed E-state index contributed by atoms with van der Waals surface area (Å²) >= 11 is 11.1. The molecule has 80 valence electrons. The van der Waals surface area contributed by atoms with Gasteiger partial charge in [-0.2, -0.15) is 0 Å². The van der Waals surface area contributed by atoms with Crippen molar-refractivity contribution in [1.82, 2.24) is 0 Å². The Labute approximate surface area is 96.8 Å². The van der Waals surface area contributed by atoms with Crippen molar-refractivity contribution in [3.05, 3.63) is 29.3 Å². The normalized spacial score (nSPS) is 11.0. The van der Waals surface area contributed by atoms with Crippen LogP contribution in [0.25, 0.3) is 0 Å². The van der Waals surface area contributed by atoms with Crippen LogP contribution in [0.5, 0.6) is 0 Å². The van der Waals surface area contributed by atoms with Gasteiger partial charge in [0, 0.05) is 10.7 Å². The van der Waals surface area contributed by atoms with Gasteiger partial charge in [0.2, 0.25) is 0 Å². The largest absolute Gasteiger partial charge is 0.437 e. The molecular weight excluding hydrogens is 239 g/mol. The molecule has 6 heteroatoms. The molecule has 0 aromatic heterocycles. The molecule has 0 heterocycles. The minimum atomic E-state index is -0.725. The van der Waals surface area contributed by atoms with Crippen LogP contribution in [-0.4, -0.2) is 11.3 Å². The van der Waals surface area contributed by atoms with E-state index in [1.165, 1.54) is 6.92 Å². The monoisotopic (exact) mass is 246 g/mol. The third-order valence-corrected chi connectivity index (χ3v) is 1.63. The van der Waals surface area contributed by atoms with E-state index in [1.54, 1.807) is 24.3 Å². The number of oxime groups is 1. The van der Waals surface area contributed by atoms with Gasteiger partial charge < -0.3 is 0 Å². The molecule has 1 amide bonds. The SMILES string of the molecule is C/C(Cl)=N/OC(=O)Nc1cccc(Cl)c1. The average molecular weight is 247 g/mol. The summed E-state index contributed by atoms with van der Waals surface area (Å²) < 4.78 is 0. The van der Waals surface area contributed by atoms with Crippen molar-refractivity contribution < 1.29 is 9.63 Å². The standard InChI is InChI=1S/C9H8Cl2N2O2/c1-6(10)13-15-9(14)12-8-4-2-3-7(11)5-8/h2-5H,1H3,(H,12,14)/b13-6-. The maximum atomic E-state index is 11.1. The lowest BCUT2D eigenvalue weighted by Crippen LogP contribution is -2.10. The summed E-state index contributed by atoms with van der Waals surface area (Å²) in [6, 6.07) is 6.65. The number of anilines is 1. The smallest absolute Gasteiger partial charge is 0.297 e. The highest BCUT2D eigenvalue weighted by Crippen LogP contribution is 2.14. The number of benzene rings is 1. The van der Waals surface area contributed by atoms with Gasteiger partial charge in [-0.25, -0.2) is 4.79 Å². The first-order chi connectivity index (χ1) is 7.08. The Hall–Kier alpha value is -1.26. The summed E-state index contributed by atoms with van der Waals surface area (Å²) in [5.74, 6) is 0. The van der Waals surface area contributed by atoms with Gasteiger partial charge >= 0.3 is 6.09 Å². The van der Waals surface area contributed by atoms with E-state index < -0.39 is 6.09 Å². The van der Waals surface area contributed by atoms with Crippen LogP contribution >= 0.6 is 23.2 Å². The fourth-order valence-electron chi connectivity index (χ4n) is 0.811. The fraction of sp³-hybridized carbons (Fsp3) is 0.111. The van der Waals surface area contributed by atoms with Crippen molar-refractivity contribution in [2.75, 3.05) is 5.32 Å². The van der Waals surface area contributed by atoms with Crippen LogP contribution in [-0.2, 0) is 4.84 Å². The van der Waals surface area contributed by atoms with Crippen LogP contribution in [0.15, 0.2) is 29.4 Å². The third kappa shape index (κ3) is 4.67. The number of carbonyl (C=O) groups excluding carboxylic acids is 1. The molecule has 1 aromatic rings. The first-order valence-corrected chi connectivity index (χ1v) is 4.77. The Morgan fingerprint density at radius 2 is 2.27 bits per heavy atom. The Morgan fingerprint density at radius 3 is 2.87 bits per heavy atom. The lowest BCUT2D eigenvalue weighted by Gasteiger charge is -2.02. The summed E-state index contributed by atoms with van der Waals surface area (Å²) in [6.07, 6.45) is -0.725. The van der Waals surface area contributed by atoms with Crippen LogP contribution < -0.4 is 5.32 Å². The minimum Gasteiger partial charge on any atom is -0.297 e. The number of nitrogens with one attached hydrogen (secondary N) is 1. The lowest BCUT2D eigenvalue weighted by atomic mass is 10.3. The van der Waals surface area contributed by atoms with Gasteiger partial charge in [0.1, 0.15) is 5.17 Å². The van der Waals surface area contributed by atoms with E-state index >= 15 is 0 Å². The van der Waals surface area contributed by atoms with Crippen molar-refractivity contribution in [3.8, 4) is 0 Å². The molecule has 15 heavy (non-hydrogen) atoms. The summed E-state index contributed by atoms with van der Waals surface area (Å²) in [7, 11) is 0. The van der Waals surface area contributed by atoms with Crippen molar-refractivity contribution >= 4 is 40.2 Å².